The maximum Gasteiger partial charge on any atom is 0.228 e. The topological polar surface area (TPSA) is 44.5 Å². The fourth-order valence-electron chi connectivity index (χ4n) is 3.08. The van der Waals surface area contributed by atoms with Crippen molar-refractivity contribution >= 4 is 5.71 Å². The van der Waals surface area contributed by atoms with Gasteiger partial charge in [-0.15, -0.1) is 6.58 Å². The molecule has 4 nitrogen and oxygen atoms in total. The van der Waals surface area contributed by atoms with Gasteiger partial charge in [-0.05, 0) is 32.1 Å². The van der Waals surface area contributed by atoms with Gasteiger partial charge in [0.15, 0.2) is 6.29 Å². The number of hydrogen-bond acceptors (Lipinski definition) is 3. The number of unbranched alkanes of at least 4 members (excludes halogenated alkanes) is 1. The zero-order valence-electron chi connectivity index (χ0n) is 11.8. The Morgan fingerprint density at radius 2 is 2.37 bits per heavy atom. The molecule has 2 rings (SSSR count). The summed E-state index contributed by atoms with van der Waals surface area (Å²) < 4.78 is 5.62. The summed E-state index contributed by atoms with van der Waals surface area (Å²) in [5.74, 6) is 0.727. The Hall–Kier alpha value is -1.03. The Morgan fingerprint density at radius 3 is 3.11 bits per heavy atom. The molecule has 0 N–H and O–H groups in total. The quantitative estimate of drug-likeness (QED) is 0.403. The lowest BCUT2D eigenvalue weighted by Crippen LogP contribution is -2.38. The first kappa shape index (κ1) is 14.4. The summed E-state index contributed by atoms with van der Waals surface area (Å²) in [6.45, 7) is 6.55. The third kappa shape index (κ3) is 3.50. The molecular formula is C15H25NO3. The second kappa shape index (κ2) is 6.94. The summed E-state index contributed by atoms with van der Waals surface area (Å²) in [6, 6.07) is 0. The van der Waals surface area contributed by atoms with Crippen LogP contribution in [0.25, 0.3) is 0 Å². The van der Waals surface area contributed by atoms with E-state index in [1.165, 1.54) is 0 Å². The minimum absolute atomic E-state index is 0.351. The molecule has 0 amide bonds. The Morgan fingerprint density at radius 1 is 1.53 bits per heavy atom. The van der Waals surface area contributed by atoms with Crippen LogP contribution in [0.2, 0.25) is 0 Å². The first-order valence-corrected chi connectivity index (χ1v) is 7.49. The minimum Gasteiger partial charge on any atom is -0.372 e. The average Bonchev–Trinajstić information content (AvgIpc) is 2.80. The van der Waals surface area contributed by atoms with E-state index in [0.29, 0.717) is 18.4 Å². The predicted octanol–water partition coefficient (Wildman–Crippen LogP) is 3.41. The maximum absolute atomic E-state index is 12.0. The van der Waals surface area contributed by atoms with Crippen LogP contribution in [0.15, 0.2) is 12.7 Å². The van der Waals surface area contributed by atoms with E-state index in [-0.39, 0.29) is 6.29 Å². The molecule has 1 aliphatic carbocycles. The molecule has 2 aliphatic rings. The van der Waals surface area contributed by atoms with Gasteiger partial charge in [0.2, 0.25) is 5.71 Å². The number of ether oxygens (including phenoxy) is 1. The van der Waals surface area contributed by atoms with Crippen molar-refractivity contribution in [1.29, 1.82) is 0 Å². The van der Waals surface area contributed by atoms with Gasteiger partial charge < -0.3 is 9.57 Å². The molecule has 1 aliphatic heterocycles. The molecule has 0 aromatic heterocycles. The largest absolute Gasteiger partial charge is 0.372 e. The molecule has 1 fully saturated rings. The molecule has 108 valence electrons. The van der Waals surface area contributed by atoms with E-state index >= 15 is 0 Å². The zero-order valence-corrected chi connectivity index (χ0v) is 11.8. The van der Waals surface area contributed by atoms with Crippen molar-refractivity contribution < 1.29 is 14.5 Å². The summed E-state index contributed by atoms with van der Waals surface area (Å²) in [7, 11) is 0. The molecule has 1 saturated carbocycles. The minimum atomic E-state index is -0.351. The zero-order chi connectivity index (χ0) is 13.7. The van der Waals surface area contributed by atoms with Gasteiger partial charge in [0.1, 0.15) is 0 Å². The molecule has 1 heterocycles. The molecule has 0 bridgehead atoms. The normalized spacial score (nSPS) is 30.1. The summed E-state index contributed by atoms with van der Waals surface area (Å²) in [5.41, 5.74) is 0.942. The molecular weight excluding hydrogens is 242 g/mol. The molecule has 0 aromatic carbocycles. The van der Waals surface area contributed by atoms with Crippen LogP contribution in [-0.2, 0) is 9.57 Å². The van der Waals surface area contributed by atoms with Crippen molar-refractivity contribution in [2.75, 3.05) is 6.61 Å². The van der Waals surface area contributed by atoms with E-state index in [0.717, 1.165) is 55.6 Å². The number of fused-ring (bicyclic) bond motifs is 1. The molecule has 3 atom stereocenters. The summed E-state index contributed by atoms with van der Waals surface area (Å²) in [6.07, 6.45) is 8.68. The van der Waals surface area contributed by atoms with E-state index in [1.807, 2.05) is 6.08 Å². The van der Waals surface area contributed by atoms with Gasteiger partial charge in [0.25, 0.3) is 0 Å². The van der Waals surface area contributed by atoms with Crippen molar-refractivity contribution in [2.24, 2.45) is 11.8 Å². The summed E-state index contributed by atoms with van der Waals surface area (Å²) >= 11 is 0. The van der Waals surface area contributed by atoms with E-state index in [9.17, 15) is 5.21 Å². The van der Waals surface area contributed by atoms with Crippen molar-refractivity contribution in [2.45, 2.75) is 58.2 Å². The Labute approximate surface area is 115 Å². The smallest absolute Gasteiger partial charge is 0.228 e. The molecule has 0 unspecified atom stereocenters. The number of nitrogens with zero attached hydrogens (tertiary/aromatic N) is 1. The second-order valence-electron chi connectivity index (χ2n) is 5.51. The third-order valence-corrected chi connectivity index (χ3v) is 4.12. The lowest BCUT2D eigenvalue weighted by atomic mass is 9.95. The van der Waals surface area contributed by atoms with Gasteiger partial charge in [-0.3, -0.25) is 5.21 Å². The van der Waals surface area contributed by atoms with E-state index in [2.05, 4.69) is 13.5 Å². The monoisotopic (exact) mass is 267 g/mol. The van der Waals surface area contributed by atoms with Gasteiger partial charge in [0.05, 0.1) is 0 Å². The highest BCUT2D eigenvalue weighted by Crippen LogP contribution is 2.37. The van der Waals surface area contributed by atoms with E-state index in [1.54, 1.807) is 0 Å². The van der Waals surface area contributed by atoms with Crippen LogP contribution in [0.3, 0.4) is 0 Å². The highest BCUT2D eigenvalue weighted by atomic mass is 16.9. The molecule has 0 radical (unpaired) electrons. The van der Waals surface area contributed by atoms with Crippen LogP contribution in [0.5, 0.6) is 0 Å². The van der Waals surface area contributed by atoms with Crippen LogP contribution in [0.4, 0.5) is 0 Å². The van der Waals surface area contributed by atoms with Crippen molar-refractivity contribution in [1.82, 2.24) is 0 Å². The summed E-state index contributed by atoms with van der Waals surface area (Å²) in [4.78, 5) is 6.11. The fraction of sp³-hybridized carbons (Fsp3) is 0.800. The first-order valence-electron chi connectivity index (χ1n) is 7.49. The second-order valence-corrected chi connectivity index (χ2v) is 5.51. The molecule has 4 heteroatoms. The predicted molar refractivity (Wildman–Crippen MR) is 74.6 cm³/mol. The lowest BCUT2D eigenvalue weighted by molar-refractivity contribution is -0.773. The number of hydrogen-bond donors (Lipinski definition) is 0. The summed E-state index contributed by atoms with van der Waals surface area (Å²) in [5, 5.41) is 12.0. The van der Waals surface area contributed by atoms with E-state index in [4.69, 9.17) is 9.57 Å². The standard InChI is InChI=1S/C15H25NO3/c1-3-5-7-12-8-9-13-11-14(18-10-6-4-2)19-16(17)15(12)13/h3,12-14H,1,4-11H2,2H3/t12-,13-,14-/m0/s1. The third-order valence-electron chi connectivity index (χ3n) is 4.12. The van der Waals surface area contributed by atoms with Crippen LogP contribution in [-0.4, -0.2) is 23.5 Å². The lowest BCUT2D eigenvalue weighted by Gasteiger charge is -2.28. The SMILES string of the molecule is C=CCC[C@H]1CC[C@H]2C[C@@H](OCCCC)O[N+]([O-])=C12. The van der Waals surface area contributed by atoms with Crippen molar-refractivity contribution in [3.63, 3.8) is 0 Å². The van der Waals surface area contributed by atoms with Crippen molar-refractivity contribution in [3.05, 3.63) is 17.9 Å². The van der Waals surface area contributed by atoms with Gasteiger partial charge in [-0.2, -0.15) is 0 Å². The van der Waals surface area contributed by atoms with Crippen LogP contribution < -0.4 is 0 Å². The van der Waals surface area contributed by atoms with Gasteiger partial charge >= 0.3 is 0 Å². The van der Waals surface area contributed by atoms with Gasteiger partial charge in [-0.1, -0.05) is 19.4 Å². The first-order chi connectivity index (χ1) is 9.26. The Bertz CT molecular complexity index is 340. The maximum atomic E-state index is 12.0. The van der Waals surface area contributed by atoms with Gasteiger partial charge in [-0.25, -0.2) is 0 Å². The fourth-order valence-corrected chi connectivity index (χ4v) is 3.08. The Balaban J connectivity index is 1.93. The van der Waals surface area contributed by atoms with Crippen LogP contribution in [0, 0.1) is 17.0 Å². The van der Waals surface area contributed by atoms with Gasteiger partial charge in [0, 0.05) is 29.8 Å². The van der Waals surface area contributed by atoms with Crippen LogP contribution >= 0.6 is 0 Å². The highest BCUT2D eigenvalue weighted by Gasteiger charge is 2.43. The number of rotatable bonds is 7. The molecule has 0 spiro atoms. The highest BCUT2D eigenvalue weighted by molar-refractivity contribution is 5.86. The number of allylic oxidation sites excluding steroid dienone is 1. The van der Waals surface area contributed by atoms with Crippen molar-refractivity contribution in [3.8, 4) is 0 Å². The van der Waals surface area contributed by atoms with Crippen LogP contribution in [0.1, 0.15) is 51.9 Å². The molecule has 0 aromatic rings. The molecule has 19 heavy (non-hydrogen) atoms. The Kier molecular flexibility index (Phi) is 5.25. The molecule has 0 saturated heterocycles. The average molecular weight is 267 g/mol. The van der Waals surface area contributed by atoms with E-state index < -0.39 is 0 Å².